The van der Waals surface area contributed by atoms with E-state index in [0.29, 0.717) is 24.0 Å². The molecule has 2 N–H and O–H groups in total. The summed E-state index contributed by atoms with van der Waals surface area (Å²) in [7, 11) is 0. The van der Waals surface area contributed by atoms with E-state index in [9.17, 15) is 14.7 Å². The Bertz CT molecular complexity index is 513. The van der Waals surface area contributed by atoms with Crippen molar-refractivity contribution < 1.29 is 14.7 Å². The van der Waals surface area contributed by atoms with Gasteiger partial charge in [0.25, 0.3) is 0 Å². The number of rotatable bonds is 3. The van der Waals surface area contributed by atoms with Crippen molar-refractivity contribution in [3.63, 3.8) is 0 Å². The van der Waals surface area contributed by atoms with Crippen LogP contribution < -0.4 is 5.32 Å². The second-order valence-electron chi connectivity index (χ2n) is 8.12. The molecule has 4 fully saturated rings. The molecule has 0 radical (unpaired) electrons. The van der Waals surface area contributed by atoms with Crippen molar-refractivity contribution >= 4 is 11.9 Å². The lowest BCUT2D eigenvalue weighted by molar-refractivity contribution is -0.133. The third-order valence-corrected chi connectivity index (χ3v) is 6.42. The Kier molecular flexibility index (Phi) is 3.31. The van der Waals surface area contributed by atoms with E-state index in [4.69, 9.17) is 0 Å². The molecule has 0 spiro atoms. The smallest absolute Gasteiger partial charge is 0.332 e. The van der Waals surface area contributed by atoms with Gasteiger partial charge in [0, 0.05) is 16.7 Å². The zero-order valence-electron chi connectivity index (χ0n) is 13.1. The van der Waals surface area contributed by atoms with Crippen LogP contribution in [0, 0.1) is 17.8 Å². The molecular formula is C18H25NO3. The van der Waals surface area contributed by atoms with Gasteiger partial charge in [0.05, 0.1) is 0 Å². The van der Waals surface area contributed by atoms with Crippen LogP contribution in [0.2, 0.25) is 0 Å². The van der Waals surface area contributed by atoms with Crippen molar-refractivity contribution in [2.75, 3.05) is 0 Å². The van der Waals surface area contributed by atoms with Crippen LogP contribution in [-0.2, 0) is 9.59 Å². The van der Waals surface area contributed by atoms with Crippen molar-refractivity contribution in [1.82, 2.24) is 5.32 Å². The summed E-state index contributed by atoms with van der Waals surface area (Å²) in [6.45, 7) is 0. The number of carboxylic acid groups (broad SMARTS) is 1. The average Bonchev–Trinajstić information content (AvgIpc) is 2.45. The molecule has 120 valence electrons. The van der Waals surface area contributed by atoms with Gasteiger partial charge in [0.1, 0.15) is 0 Å². The predicted molar refractivity (Wildman–Crippen MR) is 82.2 cm³/mol. The van der Waals surface area contributed by atoms with Crippen LogP contribution in [-0.4, -0.2) is 22.5 Å². The first-order chi connectivity index (χ1) is 10.5. The number of hydrogen-bond donors (Lipinski definition) is 2. The molecule has 22 heavy (non-hydrogen) atoms. The fourth-order valence-electron chi connectivity index (χ4n) is 5.97. The molecule has 0 atom stereocenters. The van der Waals surface area contributed by atoms with Crippen LogP contribution in [0.1, 0.15) is 64.2 Å². The Balaban J connectivity index is 1.55. The molecular weight excluding hydrogens is 278 g/mol. The molecule has 4 heteroatoms. The zero-order chi connectivity index (χ0) is 15.3. The first kappa shape index (κ1) is 14.3. The summed E-state index contributed by atoms with van der Waals surface area (Å²) in [5, 5.41) is 12.7. The summed E-state index contributed by atoms with van der Waals surface area (Å²) in [6, 6.07) is 0. The van der Waals surface area contributed by atoms with Gasteiger partial charge in [-0.05, 0) is 82.0 Å². The molecule has 1 amide bonds. The molecule has 0 aromatic rings. The van der Waals surface area contributed by atoms with Gasteiger partial charge in [-0.2, -0.15) is 0 Å². The van der Waals surface area contributed by atoms with Crippen LogP contribution in [0.5, 0.6) is 0 Å². The number of hydrogen-bond acceptors (Lipinski definition) is 2. The summed E-state index contributed by atoms with van der Waals surface area (Å²) in [5.41, 5.74) is 0.878. The predicted octanol–water partition coefficient (Wildman–Crippen LogP) is 3.03. The molecule has 4 bridgehead atoms. The van der Waals surface area contributed by atoms with Crippen molar-refractivity contribution in [1.29, 1.82) is 0 Å². The lowest BCUT2D eigenvalue weighted by atomic mass is 9.53. The van der Waals surface area contributed by atoms with Crippen molar-refractivity contribution in [3.8, 4) is 0 Å². The molecule has 0 heterocycles. The Morgan fingerprint density at radius 3 is 1.91 bits per heavy atom. The Morgan fingerprint density at radius 1 is 0.909 bits per heavy atom. The third kappa shape index (κ3) is 2.37. The monoisotopic (exact) mass is 303 g/mol. The minimum absolute atomic E-state index is 0.0279. The van der Waals surface area contributed by atoms with Crippen molar-refractivity contribution in [2.45, 2.75) is 69.7 Å². The van der Waals surface area contributed by atoms with Gasteiger partial charge in [-0.1, -0.05) is 0 Å². The van der Waals surface area contributed by atoms with Crippen LogP contribution in [0.4, 0.5) is 0 Å². The summed E-state index contributed by atoms with van der Waals surface area (Å²) in [5.74, 6) is 1.36. The van der Waals surface area contributed by atoms with E-state index in [0.717, 1.165) is 49.9 Å². The van der Waals surface area contributed by atoms with Gasteiger partial charge in [-0.3, -0.25) is 4.79 Å². The molecule has 0 aromatic carbocycles. The molecule has 5 rings (SSSR count). The normalized spacial score (nSPS) is 39.9. The van der Waals surface area contributed by atoms with Gasteiger partial charge in [0.15, 0.2) is 0 Å². The van der Waals surface area contributed by atoms with Crippen LogP contribution in [0.25, 0.3) is 0 Å². The fourth-order valence-corrected chi connectivity index (χ4v) is 5.97. The first-order valence-corrected chi connectivity index (χ1v) is 8.82. The van der Waals surface area contributed by atoms with E-state index in [2.05, 4.69) is 5.32 Å². The number of aliphatic carboxylic acids is 1. The Morgan fingerprint density at radius 2 is 1.41 bits per heavy atom. The first-order valence-electron chi connectivity index (χ1n) is 8.82. The molecule has 0 aromatic heterocycles. The van der Waals surface area contributed by atoms with Gasteiger partial charge in [-0.15, -0.1) is 0 Å². The molecule has 4 nitrogen and oxygen atoms in total. The lowest BCUT2D eigenvalue weighted by Gasteiger charge is -2.57. The van der Waals surface area contributed by atoms with Crippen LogP contribution in [0.3, 0.4) is 0 Å². The Labute approximate surface area is 131 Å². The highest BCUT2D eigenvalue weighted by molar-refractivity contribution is 6.02. The number of nitrogens with one attached hydrogen (secondary N) is 1. The molecule has 5 aliphatic rings. The van der Waals surface area contributed by atoms with Gasteiger partial charge in [0.2, 0.25) is 5.91 Å². The fraction of sp³-hybridized carbons (Fsp3) is 0.778. The van der Waals surface area contributed by atoms with Crippen molar-refractivity contribution in [3.05, 3.63) is 11.1 Å². The van der Waals surface area contributed by atoms with E-state index >= 15 is 0 Å². The minimum Gasteiger partial charge on any atom is -0.478 e. The summed E-state index contributed by atoms with van der Waals surface area (Å²) in [4.78, 5) is 24.2. The molecule has 4 saturated carbocycles. The summed E-state index contributed by atoms with van der Waals surface area (Å²) >= 11 is 0. The maximum Gasteiger partial charge on any atom is 0.332 e. The van der Waals surface area contributed by atoms with E-state index in [-0.39, 0.29) is 11.4 Å². The van der Waals surface area contributed by atoms with E-state index in [1.807, 2.05) is 0 Å². The van der Waals surface area contributed by atoms with Gasteiger partial charge in [-0.25, -0.2) is 4.79 Å². The second kappa shape index (κ2) is 5.10. The van der Waals surface area contributed by atoms with Crippen LogP contribution in [0.15, 0.2) is 11.1 Å². The second-order valence-corrected chi connectivity index (χ2v) is 8.12. The zero-order valence-corrected chi connectivity index (χ0v) is 13.1. The number of carbonyl (C=O) groups excluding carboxylic acids is 1. The summed E-state index contributed by atoms with van der Waals surface area (Å²) < 4.78 is 0. The largest absolute Gasteiger partial charge is 0.478 e. The quantitative estimate of drug-likeness (QED) is 0.842. The lowest BCUT2D eigenvalue weighted by Crippen LogP contribution is -2.60. The van der Waals surface area contributed by atoms with E-state index < -0.39 is 5.97 Å². The topological polar surface area (TPSA) is 66.4 Å². The average molecular weight is 303 g/mol. The number of amides is 1. The minimum atomic E-state index is -0.907. The third-order valence-electron chi connectivity index (χ3n) is 6.42. The highest BCUT2D eigenvalue weighted by Crippen LogP contribution is 2.55. The maximum atomic E-state index is 12.8. The van der Waals surface area contributed by atoms with Crippen LogP contribution >= 0.6 is 0 Å². The molecule has 5 aliphatic carbocycles. The number of carbonyl (C=O) groups is 2. The Hall–Kier alpha value is -1.32. The summed E-state index contributed by atoms with van der Waals surface area (Å²) in [6.07, 6.45) is 10.4. The highest BCUT2D eigenvalue weighted by Gasteiger charge is 2.51. The van der Waals surface area contributed by atoms with Gasteiger partial charge < -0.3 is 10.4 Å². The van der Waals surface area contributed by atoms with Crippen molar-refractivity contribution in [2.24, 2.45) is 17.8 Å². The van der Waals surface area contributed by atoms with E-state index in [1.54, 1.807) is 0 Å². The van der Waals surface area contributed by atoms with E-state index in [1.165, 1.54) is 19.3 Å². The van der Waals surface area contributed by atoms with Gasteiger partial charge >= 0.3 is 5.97 Å². The molecule has 0 unspecified atom stereocenters. The maximum absolute atomic E-state index is 12.8. The standard InChI is InChI=1S/C18H25NO3/c20-16(14-3-1-2-4-15(14)17(21)22)19-18-8-11-5-12(9-18)7-13(6-11)10-18/h11-13H,1-10H2,(H,19,20)(H,21,22). The molecule has 0 aliphatic heterocycles. The highest BCUT2D eigenvalue weighted by atomic mass is 16.4. The molecule has 0 saturated heterocycles. The number of carboxylic acids is 1. The SMILES string of the molecule is O=C(O)C1=C(C(=O)NC23CC4CC(CC(C4)C2)C3)CCCC1.